The quantitative estimate of drug-likeness (QED) is 0.679. The summed E-state index contributed by atoms with van der Waals surface area (Å²) in [6, 6.07) is 11.0. The molecular weight excluding hydrogens is 366 g/mol. The highest BCUT2D eigenvalue weighted by molar-refractivity contribution is 8.00. The van der Waals surface area contributed by atoms with E-state index < -0.39 is 10.0 Å². The number of thioether (sulfide) groups is 1. The normalized spacial score (nSPS) is 11.6. The molecule has 2 aromatic carbocycles. The van der Waals surface area contributed by atoms with Gasteiger partial charge in [0, 0.05) is 11.3 Å². The largest absolute Gasteiger partial charge is 0.322 e. The third-order valence-corrected chi connectivity index (χ3v) is 6.18. The maximum absolute atomic E-state index is 12.3. The summed E-state index contributed by atoms with van der Waals surface area (Å²) in [6.45, 7) is 0. The molecule has 3 N–H and O–H groups in total. The van der Waals surface area contributed by atoms with Gasteiger partial charge >= 0.3 is 0 Å². The van der Waals surface area contributed by atoms with E-state index in [-0.39, 0.29) is 10.8 Å². The molecule has 0 unspecified atom stereocenters. The summed E-state index contributed by atoms with van der Waals surface area (Å²) in [5, 5.41) is 7.83. The van der Waals surface area contributed by atoms with Crippen LogP contribution in [0.3, 0.4) is 0 Å². The Bertz CT molecular complexity index is 1010. The first kappa shape index (κ1) is 16.9. The number of thiazole rings is 1. The van der Waals surface area contributed by atoms with Crippen LogP contribution < -0.4 is 10.5 Å². The fraction of sp³-hybridized carbons (Fsp3) is 0.0667. The van der Waals surface area contributed by atoms with Gasteiger partial charge in [-0.2, -0.15) is 0 Å². The molecule has 0 aliphatic heterocycles. The van der Waals surface area contributed by atoms with Gasteiger partial charge in [0.2, 0.25) is 10.0 Å². The molecule has 0 aliphatic rings. The van der Waals surface area contributed by atoms with Crippen molar-refractivity contribution in [2.24, 2.45) is 5.14 Å². The molecule has 0 saturated heterocycles. The number of nitrogens with one attached hydrogen (secondary N) is 1. The lowest BCUT2D eigenvalue weighted by Gasteiger charge is -2.06. The molecule has 0 radical (unpaired) electrons. The molecule has 3 rings (SSSR count). The van der Waals surface area contributed by atoms with Crippen LogP contribution in [0.4, 0.5) is 5.69 Å². The van der Waals surface area contributed by atoms with Crippen LogP contribution in [-0.2, 0) is 10.0 Å². The Morgan fingerprint density at radius 2 is 1.92 bits per heavy atom. The number of benzene rings is 2. The molecule has 3 aromatic rings. The average molecular weight is 379 g/mol. The fourth-order valence-corrected chi connectivity index (χ4v) is 4.11. The zero-order valence-electron chi connectivity index (χ0n) is 12.5. The molecule has 0 aliphatic carbocycles. The van der Waals surface area contributed by atoms with Gasteiger partial charge in [0.15, 0.2) is 4.34 Å². The van der Waals surface area contributed by atoms with Gasteiger partial charge in [-0.3, -0.25) is 4.79 Å². The molecule has 24 heavy (non-hydrogen) atoms. The molecule has 6 nitrogen and oxygen atoms in total. The number of nitrogens with zero attached hydrogens (tertiary/aromatic N) is 1. The van der Waals surface area contributed by atoms with E-state index in [0.717, 1.165) is 14.6 Å². The molecule has 1 heterocycles. The summed E-state index contributed by atoms with van der Waals surface area (Å²) in [4.78, 5) is 16.7. The van der Waals surface area contributed by atoms with Gasteiger partial charge in [-0.25, -0.2) is 18.5 Å². The lowest BCUT2D eigenvalue weighted by atomic mass is 10.2. The lowest BCUT2D eigenvalue weighted by Crippen LogP contribution is -2.14. The van der Waals surface area contributed by atoms with E-state index in [0.29, 0.717) is 11.3 Å². The minimum Gasteiger partial charge on any atom is -0.322 e. The van der Waals surface area contributed by atoms with E-state index in [1.807, 2.05) is 18.4 Å². The number of fused-ring (bicyclic) bond motifs is 1. The molecule has 124 valence electrons. The van der Waals surface area contributed by atoms with Gasteiger partial charge in [-0.05, 0) is 48.7 Å². The minimum atomic E-state index is -3.77. The van der Waals surface area contributed by atoms with Crippen molar-refractivity contribution in [2.45, 2.75) is 9.24 Å². The van der Waals surface area contributed by atoms with Crippen LogP contribution in [0.5, 0.6) is 0 Å². The minimum absolute atomic E-state index is 0.0327. The van der Waals surface area contributed by atoms with Crippen LogP contribution in [-0.4, -0.2) is 25.6 Å². The van der Waals surface area contributed by atoms with Crippen LogP contribution >= 0.6 is 23.1 Å². The number of rotatable bonds is 4. The molecule has 0 fully saturated rings. The van der Waals surface area contributed by atoms with E-state index in [4.69, 9.17) is 5.14 Å². The number of primary sulfonamides is 1. The number of sulfonamides is 1. The van der Waals surface area contributed by atoms with Crippen LogP contribution in [0.2, 0.25) is 0 Å². The molecule has 0 spiro atoms. The van der Waals surface area contributed by atoms with Crippen LogP contribution in [0.25, 0.3) is 10.2 Å². The second-order valence-electron chi connectivity index (χ2n) is 4.89. The molecule has 0 atom stereocenters. The highest BCUT2D eigenvalue weighted by Gasteiger charge is 2.11. The first-order chi connectivity index (χ1) is 11.4. The number of hydrogen-bond acceptors (Lipinski definition) is 6. The van der Waals surface area contributed by atoms with Crippen molar-refractivity contribution in [3.63, 3.8) is 0 Å². The number of carbonyl (C=O) groups excluding carboxylic acids is 1. The Morgan fingerprint density at radius 3 is 2.54 bits per heavy atom. The van der Waals surface area contributed by atoms with Gasteiger partial charge in [0.25, 0.3) is 5.91 Å². The van der Waals surface area contributed by atoms with Gasteiger partial charge in [-0.15, -0.1) is 11.3 Å². The fourth-order valence-electron chi connectivity index (χ4n) is 2.07. The molecule has 0 bridgehead atoms. The van der Waals surface area contributed by atoms with E-state index in [9.17, 15) is 13.2 Å². The Kier molecular flexibility index (Phi) is 4.59. The number of amides is 1. The van der Waals surface area contributed by atoms with Crippen molar-refractivity contribution < 1.29 is 13.2 Å². The number of aromatic nitrogens is 1. The second kappa shape index (κ2) is 6.52. The van der Waals surface area contributed by atoms with Crippen molar-refractivity contribution in [3.8, 4) is 0 Å². The van der Waals surface area contributed by atoms with E-state index in [2.05, 4.69) is 10.3 Å². The van der Waals surface area contributed by atoms with Crippen LogP contribution in [0.15, 0.2) is 51.7 Å². The third kappa shape index (κ3) is 3.59. The Labute approximate surface area is 147 Å². The standard InChI is InChI=1S/C15H13N3O3S3/c1-22-15-18-12-7-4-10(8-13(12)23-15)17-14(19)9-2-5-11(6-3-9)24(16,20)21/h2-8H,1H3,(H,17,19)(H2,16,20,21). The summed E-state index contributed by atoms with van der Waals surface area (Å²) in [5.41, 5.74) is 1.88. The summed E-state index contributed by atoms with van der Waals surface area (Å²) < 4.78 is 24.4. The Balaban J connectivity index is 1.81. The van der Waals surface area contributed by atoms with Gasteiger partial charge in [0.1, 0.15) is 0 Å². The Hall–Kier alpha value is -1.94. The first-order valence-corrected chi connectivity index (χ1v) is 10.3. The SMILES string of the molecule is CSc1nc2ccc(NC(=O)c3ccc(S(N)(=O)=O)cc3)cc2s1. The van der Waals surface area contributed by atoms with Gasteiger partial charge in [-0.1, -0.05) is 11.8 Å². The van der Waals surface area contributed by atoms with Crippen molar-refractivity contribution in [1.82, 2.24) is 4.98 Å². The number of nitrogens with two attached hydrogens (primary N) is 1. The average Bonchev–Trinajstić information content (AvgIpc) is 2.96. The molecule has 0 saturated carbocycles. The number of hydrogen-bond donors (Lipinski definition) is 2. The maximum atomic E-state index is 12.3. The monoisotopic (exact) mass is 379 g/mol. The predicted molar refractivity (Wildman–Crippen MR) is 97.2 cm³/mol. The summed E-state index contributed by atoms with van der Waals surface area (Å²) in [6.07, 6.45) is 1.96. The number of carbonyl (C=O) groups is 1. The van der Waals surface area contributed by atoms with Crippen molar-refractivity contribution in [1.29, 1.82) is 0 Å². The van der Waals surface area contributed by atoms with Crippen LogP contribution in [0, 0.1) is 0 Å². The van der Waals surface area contributed by atoms with Crippen molar-refractivity contribution in [2.75, 3.05) is 11.6 Å². The summed E-state index contributed by atoms with van der Waals surface area (Å²) in [5.74, 6) is -0.329. The molecule has 1 aromatic heterocycles. The zero-order chi connectivity index (χ0) is 17.3. The molecule has 9 heteroatoms. The molecular formula is C15H13N3O3S3. The van der Waals surface area contributed by atoms with E-state index >= 15 is 0 Å². The smallest absolute Gasteiger partial charge is 0.255 e. The van der Waals surface area contributed by atoms with Crippen molar-refractivity contribution >= 4 is 54.9 Å². The number of anilines is 1. The highest BCUT2D eigenvalue weighted by Crippen LogP contribution is 2.30. The molecule has 1 amide bonds. The van der Waals surface area contributed by atoms with E-state index in [1.54, 1.807) is 29.2 Å². The summed E-state index contributed by atoms with van der Waals surface area (Å²) >= 11 is 3.13. The van der Waals surface area contributed by atoms with Crippen molar-refractivity contribution in [3.05, 3.63) is 48.0 Å². The zero-order valence-corrected chi connectivity index (χ0v) is 15.0. The van der Waals surface area contributed by atoms with E-state index in [1.165, 1.54) is 24.3 Å². The first-order valence-electron chi connectivity index (χ1n) is 6.75. The maximum Gasteiger partial charge on any atom is 0.255 e. The van der Waals surface area contributed by atoms with Gasteiger partial charge < -0.3 is 5.32 Å². The second-order valence-corrected chi connectivity index (χ2v) is 8.54. The topological polar surface area (TPSA) is 102 Å². The highest BCUT2D eigenvalue weighted by atomic mass is 32.2. The third-order valence-electron chi connectivity index (χ3n) is 3.25. The van der Waals surface area contributed by atoms with Gasteiger partial charge in [0.05, 0.1) is 15.1 Å². The lowest BCUT2D eigenvalue weighted by molar-refractivity contribution is 0.102. The van der Waals surface area contributed by atoms with Crippen LogP contribution in [0.1, 0.15) is 10.4 Å². The summed E-state index contributed by atoms with van der Waals surface area (Å²) in [7, 11) is -3.77. The Morgan fingerprint density at radius 1 is 1.21 bits per heavy atom. The predicted octanol–water partition coefficient (Wildman–Crippen LogP) is 2.92.